The van der Waals surface area contributed by atoms with Crippen molar-refractivity contribution < 1.29 is 29.3 Å². The molecule has 0 aliphatic heterocycles. The van der Waals surface area contributed by atoms with Crippen LogP contribution in [0.5, 0.6) is 0 Å². The Morgan fingerprint density at radius 2 is 0.775 bits per heavy atom. The predicted octanol–water partition coefficient (Wildman–Crippen LogP) is 11.2. The zero-order valence-corrected chi connectivity index (χ0v) is 31.9. The Balaban J connectivity index is 0.0000152. The summed E-state index contributed by atoms with van der Waals surface area (Å²) in [5, 5.41) is 0. The van der Waals surface area contributed by atoms with Gasteiger partial charge >= 0.3 is 19.5 Å². The van der Waals surface area contributed by atoms with Crippen molar-refractivity contribution in [1.82, 2.24) is 0 Å². The van der Waals surface area contributed by atoms with Crippen molar-refractivity contribution in [3.63, 3.8) is 0 Å². The Morgan fingerprint density at radius 3 is 1.05 bits per heavy atom. The fraction of sp³-hybridized carbons (Fsp3) is 0.824. The van der Waals surface area contributed by atoms with Crippen LogP contribution in [-0.2, 0) is 44.1 Å². The molecule has 40 heavy (non-hydrogen) atoms. The van der Waals surface area contributed by atoms with Gasteiger partial charge in [0.15, 0.2) is 0 Å². The standard InChI is InChI=1S/C34H63O2PS2.Zn/c1-3-5-7-9-11-13-15-17-19-21-23-25-27-32-29-33(31-34(30-32)39-37(35,36)38)28-26-24-22-20-18-16-14-12-10-8-6-4-2;/h29-31H,3-28H2,1-2H3,(H2,35,36,38);/q;+2/p-2. The zero-order chi connectivity index (χ0) is 28.4. The van der Waals surface area contributed by atoms with E-state index >= 15 is 0 Å². The molecule has 0 aromatic heterocycles. The van der Waals surface area contributed by atoms with Crippen molar-refractivity contribution >= 4 is 28.9 Å². The SMILES string of the molecule is CCCCCCCCCCCCCCc1cc(CCCCCCCCCCCCCC)cc(SP([O-])([O-])=S)c1.[Zn+2]. The molecule has 1 aromatic carbocycles. The van der Waals surface area contributed by atoms with E-state index in [-0.39, 0.29) is 19.5 Å². The first kappa shape index (κ1) is 40.8. The molecule has 0 unspecified atom stereocenters. The van der Waals surface area contributed by atoms with Crippen LogP contribution in [0.3, 0.4) is 0 Å². The predicted molar refractivity (Wildman–Crippen MR) is 176 cm³/mol. The summed E-state index contributed by atoms with van der Waals surface area (Å²) in [6.45, 7) is 4.56. The van der Waals surface area contributed by atoms with Crippen molar-refractivity contribution in [2.75, 3.05) is 0 Å². The summed E-state index contributed by atoms with van der Waals surface area (Å²) >= 11 is 5.57. The van der Waals surface area contributed by atoms with Crippen LogP contribution in [0.25, 0.3) is 0 Å². The van der Waals surface area contributed by atoms with Crippen LogP contribution in [-0.4, -0.2) is 0 Å². The van der Waals surface area contributed by atoms with Crippen LogP contribution < -0.4 is 9.79 Å². The average Bonchev–Trinajstić information content (AvgIpc) is 2.89. The Morgan fingerprint density at radius 1 is 0.500 bits per heavy atom. The van der Waals surface area contributed by atoms with Gasteiger partial charge in [-0.1, -0.05) is 161 Å². The smallest absolute Gasteiger partial charge is 0.824 e. The fourth-order valence-corrected chi connectivity index (χ4v) is 8.07. The number of rotatable bonds is 28. The second kappa shape index (κ2) is 28.5. The summed E-state index contributed by atoms with van der Waals surface area (Å²) in [7, 11) is 0. The molecule has 0 aliphatic rings. The van der Waals surface area contributed by atoms with Gasteiger partial charge in [-0.15, -0.1) is 23.2 Å². The van der Waals surface area contributed by atoms with Crippen LogP contribution in [0.15, 0.2) is 23.1 Å². The molecule has 6 heteroatoms. The molecule has 0 radical (unpaired) electrons. The second-order valence-electron chi connectivity index (χ2n) is 11.8. The third-order valence-electron chi connectivity index (χ3n) is 7.88. The first-order valence-corrected chi connectivity index (χ1v) is 20.8. The summed E-state index contributed by atoms with van der Waals surface area (Å²) < 4.78 is 0. The van der Waals surface area contributed by atoms with Gasteiger partial charge in [0.25, 0.3) is 0 Å². The number of hydrogen-bond acceptors (Lipinski definition) is 4. The topological polar surface area (TPSA) is 46.1 Å². The zero-order valence-electron chi connectivity index (χ0n) is 26.4. The van der Waals surface area contributed by atoms with Crippen molar-refractivity contribution in [1.29, 1.82) is 0 Å². The molecule has 0 heterocycles. The molecule has 0 spiro atoms. The van der Waals surface area contributed by atoms with E-state index < -0.39 is 5.69 Å². The van der Waals surface area contributed by atoms with Gasteiger partial charge in [0.1, 0.15) is 0 Å². The van der Waals surface area contributed by atoms with Gasteiger partial charge in [-0.3, -0.25) is 0 Å². The maximum Gasteiger partial charge on any atom is 2.00 e. The van der Waals surface area contributed by atoms with E-state index in [1.165, 1.54) is 165 Å². The van der Waals surface area contributed by atoms with Gasteiger partial charge in [-0.05, 0) is 48.9 Å². The van der Waals surface area contributed by atoms with Crippen molar-refractivity contribution in [3.8, 4) is 0 Å². The van der Waals surface area contributed by atoms with Gasteiger partial charge in [-0.25, -0.2) is 0 Å². The molecule has 1 rings (SSSR count). The number of benzene rings is 1. The molecule has 0 bridgehead atoms. The Labute approximate surface area is 271 Å². The van der Waals surface area contributed by atoms with Gasteiger partial charge in [0.05, 0.1) is 0 Å². The normalized spacial score (nSPS) is 11.6. The summed E-state index contributed by atoms with van der Waals surface area (Å²) in [6.07, 6.45) is 34.6. The quantitative estimate of drug-likeness (QED) is 0.0509. The average molecular weight is 662 g/mol. The molecule has 228 valence electrons. The third-order valence-corrected chi connectivity index (χ3v) is 10.5. The van der Waals surface area contributed by atoms with Gasteiger partial charge in [0, 0.05) is 4.90 Å². The molecule has 0 saturated heterocycles. The molecule has 2 nitrogen and oxygen atoms in total. The van der Waals surface area contributed by atoms with Crippen LogP contribution in [0.1, 0.15) is 179 Å². The summed E-state index contributed by atoms with van der Waals surface area (Å²) in [6, 6.07) is 6.44. The van der Waals surface area contributed by atoms with Crippen LogP contribution >= 0.6 is 17.1 Å². The minimum Gasteiger partial charge on any atom is -0.824 e. The van der Waals surface area contributed by atoms with E-state index in [2.05, 4.69) is 32.0 Å². The van der Waals surface area contributed by atoms with Crippen molar-refractivity contribution in [2.24, 2.45) is 0 Å². The van der Waals surface area contributed by atoms with Crippen LogP contribution in [0.2, 0.25) is 0 Å². The summed E-state index contributed by atoms with van der Waals surface area (Å²) in [5.74, 6) is 0. The van der Waals surface area contributed by atoms with E-state index in [1.54, 1.807) is 0 Å². The number of aryl methyl sites for hydroxylation is 2. The number of hydrogen-bond donors (Lipinski definition) is 0. The van der Waals surface area contributed by atoms with Crippen molar-refractivity contribution in [2.45, 2.75) is 186 Å². The van der Waals surface area contributed by atoms with E-state index in [9.17, 15) is 9.79 Å². The Hall–Kier alpha value is 0.763. The summed E-state index contributed by atoms with van der Waals surface area (Å²) in [5.41, 5.74) is -1.23. The fourth-order valence-electron chi connectivity index (χ4n) is 5.54. The first-order valence-electron chi connectivity index (χ1n) is 16.8. The molecule has 0 N–H and O–H groups in total. The molecular formula is C34H61O2PS2Zn. The van der Waals surface area contributed by atoms with E-state index in [0.717, 1.165) is 29.1 Å². The van der Waals surface area contributed by atoms with Gasteiger partial charge in [-0.2, -0.15) is 5.69 Å². The molecule has 0 aliphatic carbocycles. The van der Waals surface area contributed by atoms with E-state index in [0.29, 0.717) is 0 Å². The third kappa shape index (κ3) is 26.4. The molecular weight excluding hydrogens is 601 g/mol. The number of unbranched alkanes of at least 4 members (excludes halogenated alkanes) is 22. The van der Waals surface area contributed by atoms with Crippen LogP contribution in [0.4, 0.5) is 0 Å². The van der Waals surface area contributed by atoms with Gasteiger partial charge < -0.3 is 9.79 Å². The molecule has 1 aromatic rings. The largest absolute Gasteiger partial charge is 2.00 e. The van der Waals surface area contributed by atoms with E-state index in [4.69, 9.17) is 11.8 Å². The minimum atomic E-state index is -3.79. The van der Waals surface area contributed by atoms with E-state index in [1.807, 2.05) is 0 Å². The molecule has 0 saturated carbocycles. The van der Waals surface area contributed by atoms with Crippen LogP contribution in [0, 0.1) is 0 Å². The molecule has 0 fully saturated rings. The van der Waals surface area contributed by atoms with Crippen molar-refractivity contribution in [3.05, 3.63) is 29.3 Å². The monoisotopic (exact) mass is 660 g/mol. The molecule has 0 amide bonds. The maximum absolute atomic E-state index is 11.8. The molecule has 0 atom stereocenters. The maximum atomic E-state index is 11.8. The first-order chi connectivity index (χ1) is 18.9. The Kier molecular flexibility index (Phi) is 29.1. The Bertz CT molecular complexity index is 694. The minimum absolute atomic E-state index is 0. The van der Waals surface area contributed by atoms with Gasteiger partial charge in [0.2, 0.25) is 0 Å². The summed E-state index contributed by atoms with van der Waals surface area (Å²) in [4.78, 5) is 24.4. The second-order valence-corrected chi connectivity index (χ2v) is 17.5.